The van der Waals surface area contributed by atoms with Gasteiger partial charge in [0.05, 0.1) is 11.0 Å². The molecule has 3 N–H and O–H groups in total. The maximum absolute atomic E-state index is 12.5. The molecule has 1 atom stereocenters. The van der Waals surface area contributed by atoms with Gasteiger partial charge in [-0.25, -0.2) is 4.98 Å². The van der Waals surface area contributed by atoms with Crippen molar-refractivity contribution in [3.05, 3.63) is 59.4 Å². The Kier molecular flexibility index (Phi) is 7.47. The van der Waals surface area contributed by atoms with E-state index in [1.165, 1.54) is 19.3 Å². The number of anilines is 1. The van der Waals surface area contributed by atoms with E-state index in [0.717, 1.165) is 46.6 Å². The maximum Gasteiger partial charge on any atom is 0.245 e. The first kappa shape index (κ1) is 22.2. The fourth-order valence-electron chi connectivity index (χ4n) is 3.57. The number of benzene rings is 2. The highest BCUT2D eigenvalue weighted by atomic mass is 35.5. The van der Waals surface area contributed by atoms with Gasteiger partial charge in [-0.15, -0.1) is 24.8 Å². The number of nitrogens with zero attached hydrogens (tertiary/aromatic N) is 2. The molecule has 0 aliphatic carbocycles. The fourth-order valence-corrected chi connectivity index (χ4v) is 3.57. The quantitative estimate of drug-likeness (QED) is 0.652. The first-order chi connectivity index (χ1) is 12.6. The lowest BCUT2D eigenvalue weighted by Gasteiger charge is -2.13. The zero-order valence-corrected chi connectivity index (χ0v) is 17.5. The smallest absolute Gasteiger partial charge is 0.245 e. The minimum absolute atomic E-state index is 0. The summed E-state index contributed by atoms with van der Waals surface area (Å²) in [6.07, 6.45) is 4.67. The van der Waals surface area contributed by atoms with Crippen molar-refractivity contribution in [2.45, 2.75) is 45.2 Å². The first-order valence-corrected chi connectivity index (χ1v) is 9.24. The molecule has 0 spiro atoms. The molecule has 0 radical (unpaired) electrons. The summed E-state index contributed by atoms with van der Waals surface area (Å²) in [5, 5.41) is 2.93. The van der Waals surface area contributed by atoms with Gasteiger partial charge >= 0.3 is 0 Å². The van der Waals surface area contributed by atoms with Crippen LogP contribution in [0.3, 0.4) is 0 Å². The molecular weight excluding hydrogens is 395 g/mol. The van der Waals surface area contributed by atoms with Crippen LogP contribution in [0.2, 0.25) is 0 Å². The summed E-state index contributed by atoms with van der Waals surface area (Å²) >= 11 is 0. The van der Waals surface area contributed by atoms with Crippen LogP contribution in [-0.4, -0.2) is 15.5 Å². The molecule has 7 heteroatoms. The van der Waals surface area contributed by atoms with Gasteiger partial charge in [0.1, 0.15) is 11.9 Å². The average Bonchev–Trinajstić information content (AvgIpc) is 2.82. The Hall–Kier alpha value is -2.08. The van der Waals surface area contributed by atoms with E-state index in [0.29, 0.717) is 0 Å². The Morgan fingerprint density at radius 1 is 1.11 bits per heavy atom. The minimum Gasteiger partial charge on any atom is -0.328 e. The van der Waals surface area contributed by atoms with E-state index in [9.17, 15) is 4.79 Å². The van der Waals surface area contributed by atoms with E-state index in [2.05, 4.69) is 9.88 Å². The topological polar surface area (TPSA) is 72.9 Å². The van der Waals surface area contributed by atoms with Crippen LogP contribution in [0.25, 0.3) is 11.0 Å². The van der Waals surface area contributed by atoms with Crippen molar-refractivity contribution in [1.29, 1.82) is 0 Å². The third kappa shape index (κ3) is 4.49. The van der Waals surface area contributed by atoms with Gasteiger partial charge in [-0.3, -0.25) is 4.79 Å². The summed E-state index contributed by atoms with van der Waals surface area (Å²) in [4.78, 5) is 17.3. The summed E-state index contributed by atoms with van der Waals surface area (Å²) < 4.78 is 2.31. The van der Waals surface area contributed by atoms with Crippen LogP contribution in [0, 0.1) is 6.92 Å². The first-order valence-electron chi connectivity index (χ1n) is 9.24. The van der Waals surface area contributed by atoms with E-state index in [-0.39, 0.29) is 30.7 Å². The molecular formula is C21H26Cl2N4O. The molecule has 2 heterocycles. The average molecular weight is 421 g/mol. The molecule has 0 fully saturated rings. The highest BCUT2D eigenvalue weighted by molar-refractivity contribution is 5.97. The van der Waals surface area contributed by atoms with Crippen LogP contribution in [0.4, 0.5) is 5.69 Å². The van der Waals surface area contributed by atoms with E-state index in [1.54, 1.807) is 0 Å². The highest BCUT2D eigenvalue weighted by Crippen LogP contribution is 2.25. The Morgan fingerprint density at radius 3 is 2.61 bits per heavy atom. The Bertz CT molecular complexity index is 953. The molecule has 0 saturated carbocycles. The van der Waals surface area contributed by atoms with Gasteiger partial charge in [-0.2, -0.15) is 0 Å². The van der Waals surface area contributed by atoms with Crippen molar-refractivity contribution >= 4 is 47.4 Å². The van der Waals surface area contributed by atoms with Crippen LogP contribution < -0.4 is 11.1 Å². The Balaban J connectivity index is 0.00000140. The van der Waals surface area contributed by atoms with Crippen molar-refractivity contribution in [3.8, 4) is 0 Å². The zero-order valence-electron chi connectivity index (χ0n) is 15.9. The number of hydrogen-bond acceptors (Lipinski definition) is 3. The number of fused-ring (bicyclic) bond motifs is 3. The molecule has 1 unspecified atom stereocenters. The molecule has 1 aliphatic rings. The van der Waals surface area contributed by atoms with Crippen LogP contribution in [-0.2, 0) is 17.8 Å². The predicted octanol–water partition coefficient (Wildman–Crippen LogP) is 4.55. The Labute approximate surface area is 177 Å². The Morgan fingerprint density at radius 2 is 1.86 bits per heavy atom. The van der Waals surface area contributed by atoms with Gasteiger partial charge in [0.2, 0.25) is 5.91 Å². The number of aryl methyl sites for hydroxylation is 3. The number of hydrogen-bond donors (Lipinski definition) is 2. The number of carbonyl (C=O) groups is 1. The number of aromatic nitrogens is 2. The van der Waals surface area contributed by atoms with Crippen LogP contribution >= 0.6 is 24.8 Å². The third-order valence-electron chi connectivity index (χ3n) is 5.10. The van der Waals surface area contributed by atoms with Crippen LogP contribution in [0.15, 0.2) is 42.5 Å². The monoisotopic (exact) mass is 420 g/mol. The van der Waals surface area contributed by atoms with Gasteiger partial charge in [-0.05, 0) is 43.5 Å². The molecule has 1 aliphatic heterocycles. The van der Waals surface area contributed by atoms with Crippen molar-refractivity contribution < 1.29 is 4.79 Å². The van der Waals surface area contributed by atoms with Gasteiger partial charge in [0.25, 0.3) is 0 Å². The summed E-state index contributed by atoms with van der Waals surface area (Å²) in [7, 11) is 0. The summed E-state index contributed by atoms with van der Waals surface area (Å²) in [5.74, 6) is 0.936. The van der Waals surface area contributed by atoms with E-state index >= 15 is 0 Å². The third-order valence-corrected chi connectivity index (χ3v) is 5.10. The molecule has 3 aromatic rings. The SMILES string of the molecule is Cc1ccc(C(N)C(=O)Nc2ccc3c(c2)nc2n3CCCCC2)cc1.Cl.Cl. The molecule has 150 valence electrons. The molecule has 0 saturated heterocycles. The van der Waals surface area contributed by atoms with Gasteiger partial charge in [0.15, 0.2) is 0 Å². The number of nitrogens with two attached hydrogens (primary N) is 1. The number of carbonyl (C=O) groups excluding carboxylic acids is 1. The molecule has 1 aromatic heterocycles. The fraction of sp³-hybridized carbons (Fsp3) is 0.333. The number of imidazole rings is 1. The van der Waals surface area contributed by atoms with Crippen molar-refractivity contribution in [2.24, 2.45) is 5.73 Å². The van der Waals surface area contributed by atoms with Crippen molar-refractivity contribution in [2.75, 3.05) is 5.32 Å². The number of rotatable bonds is 3. The summed E-state index contributed by atoms with van der Waals surface area (Å²) in [6.45, 7) is 3.03. The van der Waals surface area contributed by atoms with Gasteiger partial charge < -0.3 is 15.6 Å². The van der Waals surface area contributed by atoms with Crippen molar-refractivity contribution in [1.82, 2.24) is 9.55 Å². The lowest BCUT2D eigenvalue weighted by atomic mass is 10.1. The molecule has 2 aromatic carbocycles. The second-order valence-electron chi connectivity index (χ2n) is 7.07. The second-order valence-corrected chi connectivity index (χ2v) is 7.07. The standard InChI is InChI=1S/C21H24N4O.2ClH/c1-14-6-8-15(9-7-14)20(22)21(26)23-16-10-11-18-17(13-16)24-19-5-3-2-4-12-25(18)19;;/h6-11,13,20H,2-5,12,22H2,1H3,(H,23,26);2*1H. The highest BCUT2D eigenvalue weighted by Gasteiger charge is 2.17. The lowest BCUT2D eigenvalue weighted by molar-refractivity contribution is -0.117. The summed E-state index contributed by atoms with van der Waals surface area (Å²) in [6, 6.07) is 13.0. The number of amides is 1. The number of halogens is 2. The lowest BCUT2D eigenvalue weighted by Crippen LogP contribution is -2.27. The normalized spacial score (nSPS) is 14.2. The molecule has 0 bridgehead atoms. The number of nitrogens with one attached hydrogen (secondary N) is 1. The molecule has 4 rings (SSSR count). The molecule has 5 nitrogen and oxygen atoms in total. The van der Waals surface area contributed by atoms with Crippen LogP contribution in [0.5, 0.6) is 0 Å². The van der Waals surface area contributed by atoms with E-state index in [4.69, 9.17) is 10.7 Å². The largest absolute Gasteiger partial charge is 0.328 e. The van der Waals surface area contributed by atoms with E-state index in [1.807, 2.05) is 49.4 Å². The van der Waals surface area contributed by atoms with Crippen LogP contribution in [0.1, 0.15) is 42.3 Å². The van der Waals surface area contributed by atoms with Crippen molar-refractivity contribution in [3.63, 3.8) is 0 Å². The van der Waals surface area contributed by atoms with E-state index < -0.39 is 6.04 Å². The molecule has 28 heavy (non-hydrogen) atoms. The van der Waals surface area contributed by atoms with Gasteiger partial charge in [0, 0.05) is 18.7 Å². The second kappa shape index (κ2) is 9.41. The minimum atomic E-state index is -0.690. The van der Waals surface area contributed by atoms with Gasteiger partial charge in [-0.1, -0.05) is 36.2 Å². The predicted molar refractivity (Wildman–Crippen MR) is 119 cm³/mol. The molecule has 1 amide bonds. The maximum atomic E-state index is 12.5. The zero-order chi connectivity index (χ0) is 18.1. The summed E-state index contributed by atoms with van der Waals surface area (Å²) in [5.41, 5.74) is 10.9.